The molecule has 1 atom stereocenters. The highest BCUT2D eigenvalue weighted by molar-refractivity contribution is 7.99. The number of aromatic nitrogens is 4. The molecule has 1 unspecified atom stereocenters. The maximum Gasteiger partial charge on any atom is 0.202 e. The van der Waals surface area contributed by atoms with Crippen molar-refractivity contribution in [2.24, 2.45) is 7.05 Å². The zero-order valence-electron chi connectivity index (χ0n) is 12.9. The predicted molar refractivity (Wildman–Crippen MR) is 87.2 cm³/mol. The predicted octanol–water partition coefficient (Wildman–Crippen LogP) is 3.01. The van der Waals surface area contributed by atoms with Gasteiger partial charge in [-0.25, -0.2) is 4.98 Å². The number of nitrogen functional groups attached to an aromatic ring is 1. The number of fused-ring (bicyclic) bond motifs is 1. The van der Waals surface area contributed by atoms with Gasteiger partial charge >= 0.3 is 0 Å². The molecule has 20 heavy (non-hydrogen) atoms. The van der Waals surface area contributed by atoms with Gasteiger partial charge in [0.25, 0.3) is 0 Å². The zero-order chi connectivity index (χ0) is 14.7. The van der Waals surface area contributed by atoms with Crippen molar-refractivity contribution in [3.05, 3.63) is 5.69 Å². The van der Waals surface area contributed by atoms with E-state index < -0.39 is 0 Å². The summed E-state index contributed by atoms with van der Waals surface area (Å²) in [6.45, 7) is 6.56. The maximum atomic E-state index is 6.14. The molecule has 0 fully saturated rings. The van der Waals surface area contributed by atoms with E-state index in [-0.39, 0.29) is 0 Å². The Labute approximate surface area is 124 Å². The Morgan fingerprint density at radius 1 is 1.35 bits per heavy atom. The van der Waals surface area contributed by atoms with E-state index in [0.717, 1.165) is 47.6 Å². The number of hydrogen-bond donors (Lipinski definition) is 1. The van der Waals surface area contributed by atoms with Crippen LogP contribution >= 0.6 is 11.8 Å². The van der Waals surface area contributed by atoms with E-state index >= 15 is 0 Å². The van der Waals surface area contributed by atoms with Crippen molar-refractivity contribution < 1.29 is 0 Å². The Balaban J connectivity index is 2.35. The number of rotatable bonds is 7. The molecule has 0 aliphatic carbocycles. The van der Waals surface area contributed by atoms with Gasteiger partial charge in [-0.15, -0.1) is 0 Å². The number of aryl methyl sites for hydroxylation is 2. The summed E-state index contributed by atoms with van der Waals surface area (Å²) in [5, 5.41) is 4.59. The first-order valence-corrected chi connectivity index (χ1v) is 8.52. The summed E-state index contributed by atoms with van der Waals surface area (Å²) in [5.41, 5.74) is 9.23. The highest BCUT2D eigenvalue weighted by atomic mass is 32.2. The van der Waals surface area contributed by atoms with Gasteiger partial charge in [0.05, 0.1) is 5.69 Å². The van der Waals surface area contributed by atoms with Crippen LogP contribution in [0.1, 0.15) is 45.3 Å². The summed E-state index contributed by atoms with van der Waals surface area (Å²) in [6, 6.07) is 0.351. The molecule has 6 heteroatoms. The van der Waals surface area contributed by atoms with E-state index in [1.165, 1.54) is 0 Å². The van der Waals surface area contributed by atoms with Gasteiger partial charge in [-0.2, -0.15) is 16.9 Å². The second-order valence-electron chi connectivity index (χ2n) is 5.17. The first-order valence-electron chi connectivity index (χ1n) is 7.37. The van der Waals surface area contributed by atoms with Gasteiger partial charge in [-0.05, 0) is 31.3 Å². The Bertz CT molecular complexity index is 572. The molecule has 112 valence electrons. The molecule has 2 aromatic heterocycles. The van der Waals surface area contributed by atoms with Crippen molar-refractivity contribution in [3.8, 4) is 0 Å². The fourth-order valence-corrected chi connectivity index (χ4v) is 3.38. The molecule has 0 bridgehead atoms. The van der Waals surface area contributed by atoms with Crippen LogP contribution < -0.4 is 5.73 Å². The van der Waals surface area contributed by atoms with E-state index in [1.807, 2.05) is 23.5 Å². The van der Waals surface area contributed by atoms with Crippen molar-refractivity contribution in [2.75, 3.05) is 17.2 Å². The van der Waals surface area contributed by atoms with E-state index in [1.54, 1.807) is 0 Å². The summed E-state index contributed by atoms with van der Waals surface area (Å²) >= 11 is 1.97. The lowest BCUT2D eigenvalue weighted by Gasteiger charge is -2.15. The number of thioether (sulfide) groups is 1. The molecule has 2 heterocycles. The molecule has 2 rings (SSSR count). The van der Waals surface area contributed by atoms with Crippen LogP contribution in [0.4, 0.5) is 5.95 Å². The molecule has 0 spiro atoms. The quantitative estimate of drug-likeness (QED) is 0.798. The molecule has 0 aliphatic rings. The zero-order valence-corrected chi connectivity index (χ0v) is 13.7. The Hall–Kier alpha value is -1.17. The standard InChI is InChI=1S/C14H25N5S/c1-5-7-11-12-13(18(4)17-11)19(14(15)16-12)10(3)8-9-20-6-2/h10H,5-9H2,1-4H3,(H2,15,16). The van der Waals surface area contributed by atoms with Crippen LogP contribution in [0.25, 0.3) is 11.2 Å². The monoisotopic (exact) mass is 295 g/mol. The number of hydrogen-bond acceptors (Lipinski definition) is 4. The first-order chi connectivity index (χ1) is 9.60. The van der Waals surface area contributed by atoms with Crippen LogP contribution in [0.15, 0.2) is 0 Å². The van der Waals surface area contributed by atoms with E-state index in [9.17, 15) is 0 Å². The largest absolute Gasteiger partial charge is 0.369 e. The van der Waals surface area contributed by atoms with E-state index in [0.29, 0.717) is 12.0 Å². The third-order valence-corrected chi connectivity index (χ3v) is 4.51. The molecule has 0 aliphatic heterocycles. The smallest absolute Gasteiger partial charge is 0.202 e. The molecular formula is C14H25N5S. The summed E-state index contributed by atoms with van der Waals surface area (Å²) < 4.78 is 4.06. The molecule has 2 N–H and O–H groups in total. The minimum atomic E-state index is 0.351. The van der Waals surface area contributed by atoms with Crippen molar-refractivity contribution in [1.29, 1.82) is 0 Å². The fraction of sp³-hybridized carbons (Fsp3) is 0.714. The lowest BCUT2D eigenvalue weighted by Crippen LogP contribution is -2.12. The second-order valence-corrected chi connectivity index (χ2v) is 6.56. The summed E-state index contributed by atoms with van der Waals surface area (Å²) in [4.78, 5) is 4.55. The fourth-order valence-electron chi connectivity index (χ4n) is 2.59. The van der Waals surface area contributed by atoms with Crippen molar-refractivity contribution >= 4 is 28.9 Å². The molecule has 0 aromatic carbocycles. The number of nitrogens with zero attached hydrogens (tertiary/aromatic N) is 4. The van der Waals surface area contributed by atoms with E-state index in [2.05, 4.69) is 35.4 Å². The molecule has 2 aromatic rings. The molecule has 0 saturated carbocycles. The third kappa shape index (κ3) is 2.80. The Morgan fingerprint density at radius 2 is 2.10 bits per heavy atom. The number of nitrogens with two attached hydrogens (primary N) is 1. The second kappa shape index (κ2) is 6.52. The Kier molecular flexibility index (Phi) is 4.96. The van der Waals surface area contributed by atoms with Crippen LogP contribution in [-0.4, -0.2) is 30.8 Å². The van der Waals surface area contributed by atoms with Gasteiger partial charge in [-0.1, -0.05) is 20.3 Å². The van der Waals surface area contributed by atoms with Gasteiger partial charge in [-0.3, -0.25) is 9.25 Å². The molecule has 0 radical (unpaired) electrons. The van der Waals surface area contributed by atoms with Crippen molar-refractivity contribution in [1.82, 2.24) is 19.3 Å². The molecular weight excluding hydrogens is 270 g/mol. The van der Waals surface area contributed by atoms with Gasteiger partial charge in [0.15, 0.2) is 5.65 Å². The number of anilines is 1. The highest BCUT2D eigenvalue weighted by Gasteiger charge is 2.20. The van der Waals surface area contributed by atoms with Gasteiger partial charge in [0.2, 0.25) is 5.95 Å². The minimum absolute atomic E-state index is 0.351. The van der Waals surface area contributed by atoms with Gasteiger partial charge < -0.3 is 5.73 Å². The summed E-state index contributed by atoms with van der Waals surface area (Å²) in [5.74, 6) is 2.92. The lowest BCUT2D eigenvalue weighted by atomic mass is 10.2. The minimum Gasteiger partial charge on any atom is -0.369 e. The topological polar surface area (TPSA) is 61.7 Å². The molecule has 0 saturated heterocycles. The summed E-state index contributed by atoms with van der Waals surface area (Å²) in [7, 11) is 1.98. The summed E-state index contributed by atoms with van der Waals surface area (Å²) in [6.07, 6.45) is 3.12. The average molecular weight is 295 g/mol. The SMILES string of the molecule is CCCc1nn(C)c2c1nc(N)n2C(C)CCSCC. The van der Waals surface area contributed by atoms with Crippen molar-refractivity contribution in [2.45, 2.75) is 46.1 Å². The van der Waals surface area contributed by atoms with Crippen LogP contribution in [-0.2, 0) is 13.5 Å². The molecule has 0 amide bonds. The average Bonchev–Trinajstić information content (AvgIpc) is 2.88. The maximum absolute atomic E-state index is 6.14. The normalized spacial score (nSPS) is 13.2. The first kappa shape index (κ1) is 15.2. The van der Waals surface area contributed by atoms with Crippen LogP contribution in [0.2, 0.25) is 0 Å². The van der Waals surface area contributed by atoms with Crippen molar-refractivity contribution in [3.63, 3.8) is 0 Å². The third-order valence-electron chi connectivity index (χ3n) is 3.58. The van der Waals surface area contributed by atoms with Crippen LogP contribution in [0.5, 0.6) is 0 Å². The lowest BCUT2D eigenvalue weighted by molar-refractivity contribution is 0.542. The van der Waals surface area contributed by atoms with Gasteiger partial charge in [0, 0.05) is 13.1 Å². The molecule has 5 nitrogen and oxygen atoms in total. The Morgan fingerprint density at radius 3 is 2.75 bits per heavy atom. The highest BCUT2D eigenvalue weighted by Crippen LogP contribution is 2.27. The van der Waals surface area contributed by atoms with Crippen LogP contribution in [0, 0.1) is 0 Å². The van der Waals surface area contributed by atoms with E-state index in [4.69, 9.17) is 5.73 Å². The van der Waals surface area contributed by atoms with Gasteiger partial charge in [0.1, 0.15) is 5.52 Å². The van der Waals surface area contributed by atoms with Crippen LogP contribution in [0.3, 0.4) is 0 Å². The number of imidazole rings is 1.